The van der Waals surface area contributed by atoms with Gasteiger partial charge in [0.25, 0.3) is 0 Å². The van der Waals surface area contributed by atoms with Gasteiger partial charge in [-0.1, -0.05) is 37.6 Å². The highest BCUT2D eigenvalue weighted by Crippen LogP contribution is 2.27. The average molecular weight is 285 g/mol. The Hall–Kier alpha value is -2.16. The van der Waals surface area contributed by atoms with Crippen molar-refractivity contribution in [2.75, 3.05) is 11.9 Å². The summed E-state index contributed by atoms with van der Waals surface area (Å²) in [5.41, 5.74) is 3.59. The zero-order valence-electron chi connectivity index (χ0n) is 12.7. The van der Waals surface area contributed by atoms with Crippen LogP contribution in [0.15, 0.2) is 42.5 Å². The molecule has 0 unspecified atom stereocenters. The van der Waals surface area contributed by atoms with E-state index in [0.717, 1.165) is 18.4 Å². The Kier molecular flexibility index (Phi) is 5.50. The third-order valence-corrected chi connectivity index (χ3v) is 3.34. The van der Waals surface area contributed by atoms with Crippen molar-refractivity contribution in [3.8, 4) is 11.5 Å². The minimum atomic E-state index is 0.187. The lowest BCUT2D eigenvalue weighted by Gasteiger charge is -2.13. The van der Waals surface area contributed by atoms with E-state index in [1.165, 1.54) is 11.3 Å². The van der Waals surface area contributed by atoms with Gasteiger partial charge in [-0.2, -0.15) is 0 Å². The van der Waals surface area contributed by atoms with E-state index in [-0.39, 0.29) is 5.75 Å². The molecule has 21 heavy (non-hydrogen) atoms. The van der Waals surface area contributed by atoms with E-state index in [0.29, 0.717) is 18.9 Å². The summed E-state index contributed by atoms with van der Waals surface area (Å²) < 4.78 is 5.41. The zero-order valence-corrected chi connectivity index (χ0v) is 12.7. The van der Waals surface area contributed by atoms with Gasteiger partial charge in [0.05, 0.1) is 6.61 Å². The first-order valence-electron chi connectivity index (χ1n) is 7.51. The van der Waals surface area contributed by atoms with Crippen LogP contribution >= 0.6 is 0 Å². The SMILES string of the molecule is CCCc1ccccc1NCc1ccc(O)c(OCC)c1. The van der Waals surface area contributed by atoms with Gasteiger partial charge in [-0.3, -0.25) is 0 Å². The molecule has 0 aliphatic carbocycles. The third kappa shape index (κ3) is 4.15. The van der Waals surface area contributed by atoms with Crippen LogP contribution in [-0.2, 0) is 13.0 Å². The van der Waals surface area contributed by atoms with Gasteiger partial charge in [0.1, 0.15) is 0 Å². The molecule has 0 saturated carbocycles. The standard InChI is InChI=1S/C18H23NO2/c1-3-7-15-8-5-6-9-16(15)19-13-14-10-11-17(20)18(12-14)21-4-2/h5-6,8-12,19-20H,3-4,7,13H2,1-2H3. The molecular weight excluding hydrogens is 262 g/mol. The van der Waals surface area contributed by atoms with E-state index < -0.39 is 0 Å². The number of phenolic OH excluding ortho intramolecular Hbond substituents is 1. The number of ether oxygens (including phenoxy) is 1. The maximum absolute atomic E-state index is 9.72. The Morgan fingerprint density at radius 2 is 1.90 bits per heavy atom. The molecule has 0 aliphatic rings. The smallest absolute Gasteiger partial charge is 0.161 e. The van der Waals surface area contributed by atoms with E-state index in [4.69, 9.17) is 4.74 Å². The van der Waals surface area contributed by atoms with Crippen LogP contribution in [0, 0.1) is 0 Å². The number of para-hydroxylation sites is 1. The van der Waals surface area contributed by atoms with Crippen molar-refractivity contribution in [1.82, 2.24) is 0 Å². The van der Waals surface area contributed by atoms with Crippen molar-refractivity contribution in [3.05, 3.63) is 53.6 Å². The number of hydrogen-bond donors (Lipinski definition) is 2. The van der Waals surface area contributed by atoms with Crippen LogP contribution in [0.25, 0.3) is 0 Å². The average Bonchev–Trinajstić information content (AvgIpc) is 2.50. The first-order valence-corrected chi connectivity index (χ1v) is 7.51. The summed E-state index contributed by atoms with van der Waals surface area (Å²) in [6.07, 6.45) is 2.20. The van der Waals surface area contributed by atoms with Gasteiger partial charge in [0.15, 0.2) is 11.5 Å². The molecule has 112 valence electrons. The Bertz CT molecular complexity index is 581. The largest absolute Gasteiger partial charge is 0.504 e. The van der Waals surface area contributed by atoms with Crippen LogP contribution in [0.1, 0.15) is 31.4 Å². The summed E-state index contributed by atoms with van der Waals surface area (Å²) in [4.78, 5) is 0. The van der Waals surface area contributed by atoms with Gasteiger partial charge in [-0.25, -0.2) is 0 Å². The fraction of sp³-hybridized carbons (Fsp3) is 0.333. The normalized spacial score (nSPS) is 10.4. The van der Waals surface area contributed by atoms with Gasteiger partial charge < -0.3 is 15.2 Å². The highest BCUT2D eigenvalue weighted by Gasteiger charge is 2.05. The van der Waals surface area contributed by atoms with Gasteiger partial charge in [0.2, 0.25) is 0 Å². The zero-order chi connectivity index (χ0) is 15.1. The molecule has 0 bridgehead atoms. The fourth-order valence-electron chi connectivity index (χ4n) is 2.32. The third-order valence-electron chi connectivity index (χ3n) is 3.34. The number of aryl methyl sites for hydroxylation is 1. The number of anilines is 1. The predicted octanol–water partition coefficient (Wildman–Crippen LogP) is 4.36. The molecule has 0 heterocycles. The van der Waals surface area contributed by atoms with E-state index >= 15 is 0 Å². The van der Waals surface area contributed by atoms with Crippen LogP contribution in [0.3, 0.4) is 0 Å². The van der Waals surface area contributed by atoms with E-state index in [1.807, 2.05) is 25.1 Å². The highest BCUT2D eigenvalue weighted by atomic mass is 16.5. The topological polar surface area (TPSA) is 41.5 Å². The molecule has 0 saturated heterocycles. The second-order valence-electron chi connectivity index (χ2n) is 5.00. The van der Waals surface area contributed by atoms with Crippen LogP contribution in [0.4, 0.5) is 5.69 Å². The van der Waals surface area contributed by atoms with Crippen molar-refractivity contribution in [1.29, 1.82) is 0 Å². The number of phenols is 1. The van der Waals surface area contributed by atoms with Crippen molar-refractivity contribution >= 4 is 5.69 Å². The fourth-order valence-corrected chi connectivity index (χ4v) is 2.32. The minimum absolute atomic E-state index is 0.187. The van der Waals surface area contributed by atoms with Crippen LogP contribution < -0.4 is 10.1 Å². The molecule has 3 heteroatoms. The maximum atomic E-state index is 9.72. The number of benzene rings is 2. The van der Waals surface area contributed by atoms with Crippen LogP contribution in [0.2, 0.25) is 0 Å². The van der Waals surface area contributed by atoms with Gasteiger partial charge in [-0.05, 0) is 42.7 Å². The number of aromatic hydroxyl groups is 1. The molecule has 2 aromatic rings. The van der Waals surface area contributed by atoms with E-state index in [2.05, 4.69) is 30.4 Å². The Morgan fingerprint density at radius 1 is 1.10 bits per heavy atom. The number of rotatable bonds is 7. The molecule has 2 N–H and O–H groups in total. The summed E-state index contributed by atoms with van der Waals surface area (Å²) in [6, 6.07) is 13.9. The molecule has 2 rings (SSSR count). The second-order valence-corrected chi connectivity index (χ2v) is 5.00. The van der Waals surface area contributed by atoms with Crippen molar-refractivity contribution < 1.29 is 9.84 Å². The molecule has 0 aliphatic heterocycles. The highest BCUT2D eigenvalue weighted by molar-refractivity contribution is 5.52. The van der Waals surface area contributed by atoms with Gasteiger partial charge in [0, 0.05) is 12.2 Å². The molecule has 0 spiro atoms. The molecule has 2 aromatic carbocycles. The van der Waals surface area contributed by atoms with Crippen LogP contribution in [0.5, 0.6) is 11.5 Å². The molecular formula is C18H23NO2. The molecule has 0 aromatic heterocycles. The summed E-state index contributed by atoms with van der Waals surface area (Å²) in [5.74, 6) is 0.727. The first kappa shape index (κ1) is 15.2. The Labute approximate surface area is 126 Å². The lowest BCUT2D eigenvalue weighted by atomic mass is 10.1. The van der Waals surface area contributed by atoms with Gasteiger partial charge in [-0.15, -0.1) is 0 Å². The Morgan fingerprint density at radius 3 is 2.67 bits per heavy atom. The minimum Gasteiger partial charge on any atom is -0.504 e. The second kappa shape index (κ2) is 7.58. The number of nitrogens with one attached hydrogen (secondary N) is 1. The van der Waals surface area contributed by atoms with E-state index in [1.54, 1.807) is 6.07 Å². The summed E-state index contributed by atoms with van der Waals surface area (Å²) in [5, 5.41) is 13.2. The quantitative estimate of drug-likeness (QED) is 0.794. The van der Waals surface area contributed by atoms with Crippen molar-refractivity contribution in [2.24, 2.45) is 0 Å². The summed E-state index contributed by atoms with van der Waals surface area (Å²) in [6.45, 7) is 5.35. The van der Waals surface area contributed by atoms with Crippen molar-refractivity contribution in [3.63, 3.8) is 0 Å². The molecule has 0 amide bonds. The number of hydrogen-bond acceptors (Lipinski definition) is 3. The van der Waals surface area contributed by atoms with Crippen LogP contribution in [-0.4, -0.2) is 11.7 Å². The summed E-state index contributed by atoms with van der Waals surface area (Å²) in [7, 11) is 0. The van der Waals surface area contributed by atoms with Crippen molar-refractivity contribution in [2.45, 2.75) is 33.2 Å². The van der Waals surface area contributed by atoms with E-state index in [9.17, 15) is 5.11 Å². The molecule has 0 atom stereocenters. The Balaban J connectivity index is 2.08. The monoisotopic (exact) mass is 285 g/mol. The molecule has 3 nitrogen and oxygen atoms in total. The molecule has 0 fully saturated rings. The lowest BCUT2D eigenvalue weighted by Crippen LogP contribution is -2.03. The lowest BCUT2D eigenvalue weighted by molar-refractivity contribution is 0.318. The molecule has 0 radical (unpaired) electrons. The predicted molar refractivity (Wildman–Crippen MR) is 87.0 cm³/mol. The van der Waals surface area contributed by atoms with Gasteiger partial charge >= 0.3 is 0 Å². The first-order chi connectivity index (χ1) is 10.2. The maximum Gasteiger partial charge on any atom is 0.161 e. The summed E-state index contributed by atoms with van der Waals surface area (Å²) >= 11 is 0.